The zero-order valence-electron chi connectivity index (χ0n) is 17.3. The molecule has 0 amide bonds. The van der Waals surface area contributed by atoms with Gasteiger partial charge >= 0.3 is 0 Å². The largest absolute Gasteiger partial charge is 0.497 e. The standard InChI is InChI=1S/C23H23N7O/c1-15-13-26-22(24)30-21(15)17-6-8-18(9-7-17)28-20-10-11-25-23(29-20)27-14-16-4-3-5-19(12-16)31-2/h3-13H,14H2,1-2H3,(H2,24,26,30)(H2,25,27,28,29). The molecular weight excluding hydrogens is 390 g/mol. The van der Waals surface area contributed by atoms with E-state index in [-0.39, 0.29) is 5.95 Å². The van der Waals surface area contributed by atoms with Gasteiger partial charge in [0.25, 0.3) is 0 Å². The van der Waals surface area contributed by atoms with Gasteiger partial charge in [0.2, 0.25) is 11.9 Å². The zero-order chi connectivity index (χ0) is 21.6. The van der Waals surface area contributed by atoms with E-state index in [0.717, 1.165) is 33.8 Å². The Morgan fingerprint density at radius 2 is 1.84 bits per heavy atom. The van der Waals surface area contributed by atoms with Crippen molar-refractivity contribution in [1.29, 1.82) is 0 Å². The molecule has 8 nitrogen and oxygen atoms in total. The van der Waals surface area contributed by atoms with E-state index in [0.29, 0.717) is 18.3 Å². The molecule has 0 aliphatic carbocycles. The Balaban J connectivity index is 1.43. The number of nitrogens with zero attached hydrogens (tertiary/aromatic N) is 4. The number of aromatic nitrogens is 4. The number of hydrogen-bond donors (Lipinski definition) is 3. The molecule has 156 valence electrons. The molecule has 8 heteroatoms. The van der Waals surface area contributed by atoms with Crippen molar-refractivity contribution in [3.8, 4) is 17.0 Å². The minimum atomic E-state index is 0.262. The van der Waals surface area contributed by atoms with E-state index in [1.165, 1.54) is 0 Å². The van der Waals surface area contributed by atoms with Gasteiger partial charge in [0.15, 0.2) is 0 Å². The van der Waals surface area contributed by atoms with Crippen molar-refractivity contribution in [2.75, 3.05) is 23.5 Å². The zero-order valence-corrected chi connectivity index (χ0v) is 17.3. The van der Waals surface area contributed by atoms with Crippen molar-refractivity contribution >= 4 is 23.4 Å². The molecule has 4 N–H and O–H groups in total. The molecule has 4 rings (SSSR count). The van der Waals surface area contributed by atoms with E-state index < -0.39 is 0 Å². The minimum Gasteiger partial charge on any atom is -0.497 e. The summed E-state index contributed by atoms with van der Waals surface area (Å²) in [5.74, 6) is 2.31. The molecule has 0 unspecified atom stereocenters. The van der Waals surface area contributed by atoms with Crippen LogP contribution in [0.1, 0.15) is 11.1 Å². The average Bonchev–Trinajstić information content (AvgIpc) is 2.80. The summed E-state index contributed by atoms with van der Waals surface area (Å²) in [5, 5.41) is 6.53. The lowest BCUT2D eigenvalue weighted by molar-refractivity contribution is 0.414. The maximum atomic E-state index is 5.73. The van der Waals surface area contributed by atoms with Crippen molar-refractivity contribution in [3.05, 3.63) is 78.1 Å². The summed E-state index contributed by atoms with van der Waals surface area (Å²) in [5.41, 5.74) is 10.5. The highest BCUT2D eigenvalue weighted by Gasteiger charge is 2.06. The third-order valence-electron chi connectivity index (χ3n) is 4.66. The van der Waals surface area contributed by atoms with Gasteiger partial charge in [0, 0.05) is 30.2 Å². The van der Waals surface area contributed by atoms with E-state index in [4.69, 9.17) is 10.5 Å². The van der Waals surface area contributed by atoms with Gasteiger partial charge < -0.3 is 21.1 Å². The summed E-state index contributed by atoms with van der Waals surface area (Å²) in [4.78, 5) is 17.2. The fourth-order valence-electron chi connectivity index (χ4n) is 3.08. The molecule has 0 atom stereocenters. The number of ether oxygens (including phenoxy) is 1. The normalized spacial score (nSPS) is 10.5. The Labute approximate surface area is 180 Å². The van der Waals surface area contributed by atoms with Crippen LogP contribution in [-0.2, 0) is 6.54 Å². The predicted molar refractivity (Wildman–Crippen MR) is 122 cm³/mol. The summed E-state index contributed by atoms with van der Waals surface area (Å²) in [7, 11) is 1.65. The SMILES string of the molecule is COc1cccc(CNc2nccc(Nc3ccc(-c4nc(N)ncc4C)cc3)n2)c1. The molecule has 2 aromatic carbocycles. The second-order valence-corrected chi connectivity index (χ2v) is 6.93. The maximum Gasteiger partial charge on any atom is 0.224 e. The topological polar surface area (TPSA) is 111 Å². The third-order valence-corrected chi connectivity index (χ3v) is 4.66. The second-order valence-electron chi connectivity index (χ2n) is 6.93. The lowest BCUT2D eigenvalue weighted by Crippen LogP contribution is -2.05. The first kappa shape index (κ1) is 20.1. The first-order chi connectivity index (χ1) is 15.1. The number of hydrogen-bond acceptors (Lipinski definition) is 8. The Morgan fingerprint density at radius 1 is 1.00 bits per heavy atom. The quantitative estimate of drug-likeness (QED) is 0.414. The first-order valence-corrected chi connectivity index (χ1v) is 9.77. The van der Waals surface area contributed by atoms with E-state index in [9.17, 15) is 0 Å². The predicted octanol–water partition coefficient (Wildman–Crippen LogP) is 4.19. The number of aryl methyl sites for hydroxylation is 1. The summed E-state index contributed by atoms with van der Waals surface area (Å²) < 4.78 is 5.26. The Hall–Kier alpha value is -4.20. The van der Waals surface area contributed by atoms with Gasteiger partial charge in [-0.2, -0.15) is 4.98 Å². The lowest BCUT2D eigenvalue weighted by Gasteiger charge is -2.10. The molecule has 0 aliphatic heterocycles. The smallest absolute Gasteiger partial charge is 0.224 e. The van der Waals surface area contributed by atoms with Crippen molar-refractivity contribution in [2.45, 2.75) is 13.5 Å². The molecule has 2 heterocycles. The summed E-state index contributed by atoms with van der Waals surface area (Å²) in [6.07, 6.45) is 3.44. The van der Waals surface area contributed by atoms with Crippen LogP contribution in [-0.4, -0.2) is 27.0 Å². The maximum absolute atomic E-state index is 5.73. The van der Waals surface area contributed by atoms with E-state index in [1.54, 1.807) is 19.5 Å². The summed E-state index contributed by atoms with van der Waals surface area (Å²) in [6, 6.07) is 17.6. The van der Waals surface area contributed by atoms with Gasteiger partial charge in [0.05, 0.1) is 12.8 Å². The molecule has 31 heavy (non-hydrogen) atoms. The van der Waals surface area contributed by atoms with Crippen LogP contribution in [0, 0.1) is 6.92 Å². The number of anilines is 4. The summed E-state index contributed by atoms with van der Waals surface area (Å²) in [6.45, 7) is 2.55. The van der Waals surface area contributed by atoms with Crippen LogP contribution < -0.4 is 21.1 Å². The average molecular weight is 413 g/mol. The van der Waals surface area contributed by atoms with Crippen molar-refractivity contribution in [1.82, 2.24) is 19.9 Å². The highest BCUT2D eigenvalue weighted by Crippen LogP contribution is 2.24. The number of benzene rings is 2. The monoisotopic (exact) mass is 413 g/mol. The molecule has 0 spiro atoms. The molecule has 0 saturated carbocycles. The number of nitrogens with two attached hydrogens (primary N) is 1. The molecule has 2 aromatic heterocycles. The third kappa shape index (κ3) is 5.05. The fraction of sp³-hybridized carbons (Fsp3) is 0.130. The molecule has 4 aromatic rings. The second kappa shape index (κ2) is 9.08. The van der Waals surface area contributed by atoms with Crippen LogP contribution in [0.3, 0.4) is 0 Å². The Bertz CT molecular complexity index is 1180. The van der Waals surface area contributed by atoms with Crippen molar-refractivity contribution < 1.29 is 4.74 Å². The van der Waals surface area contributed by atoms with E-state index >= 15 is 0 Å². The molecular formula is C23H23N7O. The van der Waals surface area contributed by atoms with Crippen LogP contribution in [0.15, 0.2) is 67.0 Å². The minimum absolute atomic E-state index is 0.262. The molecule has 0 saturated heterocycles. The van der Waals surface area contributed by atoms with Gasteiger partial charge in [-0.05, 0) is 48.4 Å². The van der Waals surface area contributed by atoms with E-state index in [1.807, 2.05) is 61.5 Å². The lowest BCUT2D eigenvalue weighted by atomic mass is 10.1. The van der Waals surface area contributed by atoms with Gasteiger partial charge in [-0.15, -0.1) is 0 Å². The Morgan fingerprint density at radius 3 is 2.65 bits per heavy atom. The molecule has 0 aliphatic rings. The van der Waals surface area contributed by atoms with Gasteiger partial charge in [-0.3, -0.25) is 0 Å². The number of nitrogens with one attached hydrogen (secondary N) is 2. The molecule has 0 bridgehead atoms. The molecule has 0 radical (unpaired) electrons. The highest BCUT2D eigenvalue weighted by atomic mass is 16.5. The molecule has 0 fully saturated rings. The van der Waals surface area contributed by atoms with Crippen LogP contribution in [0.4, 0.5) is 23.4 Å². The van der Waals surface area contributed by atoms with Crippen molar-refractivity contribution in [3.63, 3.8) is 0 Å². The van der Waals surface area contributed by atoms with Crippen molar-refractivity contribution in [2.24, 2.45) is 0 Å². The van der Waals surface area contributed by atoms with Gasteiger partial charge in [-0.25, -0.2) is 15.0 Å². The van der Waals surface area contributed by atoms with Crippen LogP contribution in [0.25, 0.3) is 11.3 Å². The highest BCUT2D eigenvalue weighted by molar-refractivity contribution is 5.67. The fourth-order valence-corrected chi connectivity index (χ4v) is 3.08. The number of rotatable bonds is 7. The van der Waals surface area contributed by atoms with Gasteiger partial charge in [-0.1, -0.05) is 24.3 Å². The van der Waals surface area contributed by atoms with E-state index in [2.05, 4.69) is 30.6 Å². The van der Waals surface area contributed by atoms with Gasteiger partial charge in [0.1, 0.15) is 11.6 Å². The summed E-state index contributed by atoms with van der Waals surface area (Å²) >= 11 is 0. The number of methoxy groups -OCH3 is 1. The first-order valence-electron chi connectivity index (χ1n) is 9.77. The van der Waals surface area contributed by atoms with Crippen LogP contribution in [0.5, 0.6) is 5.75 Å². The van der Waals surface area contributed by atoms with Crippen LogP contribution in [0.2, 0.25) is 0 Å². The Kier molecular flexibility index (Phi) is 5.89. The van der Waals surface area contributed by atoms with Crippen LogP contribution >= 0.6 is 0 Å². The number of nitrogen functional groups attached to an aromatic ring is 1.